The molecule has 102 valence electrons. The average molecular weight is 279 g/mol. The minimum Gasteiger partial charge on any atom is -0.492 e. The normalized spacial score (nSPS) is 10.6. The fourth-order valence-corrected chi connectivity index (χ4v) is 2.45. The summed E-state index contributed by atoms with van der Waals surface area (Å²) in [7, 11) is 0. The molecule has 0 bridgehead atoms. The highest BCUT2D eigenvalue weighted by Gasteiger charge is 1.99. The van der Waals surface area contributed by atoms with Crippen LogP contribution in [0.1, 0.15) is 10.4 Å². The van der Waals surface area contributed by atoms with Crippen molar-refractivity contribution < 1.29 is 9.13 Å². The van der Waals surface area contributed by atoms with Crippen molar-refractivity contribution in [3.8, 4) is 5.75 Å². The molecular weight excluding hydrogens is 261 g/mol. The predicted octanol–water partition coefficient (Wildman–Crippen LogP) is 3.41. The molecule has 0 aliphatic rings. The molecule has 19 heavy (non-hydrogen) atoms. The van der Waals surface area contributed by atoms with E-state index in [0.717, 1.165) is 25.3 Å². The van der Waals surface area contributed by atoms with Gasteiger partial charge >= 0.3 is 0 Å². The molecule has 1 aromatic carbocycles. The van der Waals surface area contributed by atoms with Gasteiger partial charge in [0.25, 0.3) is 0 Å². The van der Waals surface area contributed by atoms with Gasteiger partial charge in [-0.15, -0.1) is 11.3 Å². The van der Waals surface area contributed by atoms with E-state index >= 15 is 0 Å². The second-order valence-corrected chi connectivity index (χ2v) is 5.37. The Morgan fingerprint density at radius 2 is 2.16 bits per heavy atom. The van der Waals surface area contributed by atoms with Crippen LogP contribution in [-0.2, 0) is 6.42 Å². The average Bonchev–Trinajstić information content (AvgIpc) is 2.91. The third kappa shape index (κ3) is 4.65. The lowest BCUT2D eigenvalue weighted by atomic mass is 10.2. The molecule has 4 heteroatoms. The van der Waals surface area contributed by atoms with Crippen molar-refractivity contribution in [3.05, 3.63) is 52.0 Å². The van der Waals surface area contributed by atoms with Crippen LogP contribution in [0, 0.1) is 12.7 Å². The van der Waals surface area contributed by atoms with Crippen molar-refractivity contribution in [1.82, 2.24) is 5.32 Å². The van der Waals surface area contributed by atoms with Crippen molar-refractivity contribution in [2.45, 2.75) is 13.3 Å². The highest BCUT2D eigenvalue weighted by molar-refractivity contribution is 7.09. The molecule has 0 saturated heterocycles. The highest BCUT2D eigenvalue weighted by atomic mass is 32.1. The van der Waals surface area contributed by atoms with Gasteiger partial charge in [-0.25, -0.2) is 4.39 Å². The zero-order chi connectivity index (χ0) is 13.5. The van der Waals surface area contributed by atoms with E-state index in [4.69, 9.17) is 4.74 Å². The largest absolute Gasteiger partial charge is 0.492 e. The van der Waals surface area contributed by atoms with Crippen molar-refractivity contribution in [2.24, 2.45) is 0 Å². The summed E-state index contributed by atoms with van der Waals surface area (Å²) in [6.07, 6.45) is 1.05. The quantitative estimate of drug-likeness (QED) is 0.784. The van der Waals surface area contributed by atoms with Crippen LogP contribution in [0.2, 0.25) is 0 Å². The van der Waals surface area contributed by atoms with E-state index in [1.165, 1.54) is 10.9 Å². The lowest BCUT2D eigenvalue weighted by molar-refractivity contribution is 0.314. The first-order chi connectivity index (χ1) is 9.25. The Labute approximate surface area is 117 Å². The lowest BCUT2D eigenvalue weighted by Gasteiger charge is -2.08. The van der Waals surface area contributed by atoms with Crippen LogP contribution in [-0.4, -0.2) is 19.7 Å². The number of nitrogens with one attached hydrogen (secondary N) is 1. The number of halogens is 1. The molecule has 0 aliphatic heterocycles. The standard InChI is InChI=1S/C15H18FNOS/c1-12-11-13(4-5-15(12)16)18-9-8-17-7-6-14-3-2-10-19-14/h2-5,10-11,17H,6-9H2,1H3. The van der Waals surface area contributed by atoms with E-state index < -0.39 is 0 Å². The first-order valence-corrected chi connectivity index (χ1v) is 7.26. The molecule has 2 nitrogen and oxygen atoms in total. The van der Waals surface area contributed by atoms with Crippen molar-refractivity contribution in [2.75, 3.05) is 19.7 Å². The van der Waals surface area contributed by atoms with Gasteiger partial charge in [-0.3, -0.25) is 0 Å². The van der Waals surface area contributed by atoms with Crippen LogP contribution >= 0.6 is 11.3 Å². The number of hydrogen-bond donors (Lipinski definition) is 1. The number of benzene rings is 1. The molecule has 0 radical (unpaired) electrons. The molecule has 0 amide bonds. The second kappa shape index (κ2) is 7.26. The molecule has 0 saturated carbocycles. The number of rotatable bonds is 7. The van der Waals surface area contributed by atoms with Crippen molar-refractivity contribution in [3.63, 3.8) is 0 Å². The first-order valence-electron chi connectivity index (χ1n) is 6.38. The molecule has 0 aliphatic carbocycles. The molecule has 0 fully saturated rings. The van der Waals surface area contributed by atoms with Crippen LogP contribution < -0.4 is 10.1 Å². The fourth-order valence-electron chi connectivity index (χ4n) is 1.74. The van der Waals surface area contributed by atoms with E-state index in [-0.39, 0.29) is 5.82 Å². The number of aryl methyl sites for hydroxylation is 1. The van der Waals surface area contributed by atoms with Gasteiger partial charge in [-0.2, -0.15) is 0 Å². The van der Waals surface area contributed by atoms with Crippen molar-refractivity contribution >= 4 is 11.3 Å². The summed E-state index contributed by atoms with van der Waals surface area (Å²) in [6.45, 7) is 4.07. The van der Waals surface area contributed by atoms with E-state index in [1.54, 1.807) is 30.4 Å². The van der Waals surface area contributed by atoms with Gasteiger partial charge in [0.15, 0.2) is 0 Å². The third-order valence-electron chi connectivity index (χ3n) is 2.81. The second-order valence-electron chi connectivity index (χ2n) is 4.34. The summed E-state index contributed by atoms with van der Waals surface area (Å²) in [5.74, 6) is 0.528. The number of hydrogen-bond acceptors (Lipinski definition) is 3. The third-order valence-corrected chi connectivity index (χ3v) is 3.74. The van der Waals surface area contributed by atoms with Crippen LogP contribution in [0.4, 0.5) is 4.39 Å². The molecule has 0 unspecified atom stereocenters. The molecule has 1 N–H and O–H groups in total. The van der Waals surface area contributed by atoms with Crippen LogP contribution in [0.15, 0.2) is 35.7 Å². The lowest BCUT2D eigenvalue weighted by Crippen LogP contribution is -2.23. The first kappa shape index (κ1) is 14.0. The zero-order valence-corrected chi connectivity index (χ0v) is 11.8. The Bertz CT molecular complexity index is 499. The Morgan fingerprint density at radius 3 is 2.89 bits per heavy atom. The molecule has 1 heterocycles. The van der Waals surface area contributed by atoms with Crippen LogP contribution in [0.5, 0.6) is 5.75 Å². The number of thiophene rings is 1. The Morgan fingerprint density at radius 1 is 1.26 bits per heavy atom. The Balaban J connectivity index is 1.60. The molecule has 0 spiro atoms. The molecule has 0 atom stereocenters. The minimum absolute atomic E-state index is 0.193. The van der Waals surface area contributed by atoms with Gasteiger partial charge in [-0.05, 0) is 48.6 Å². The maximum Gasteiger partial charge on any atom is 0.126 e. The smallest absolute Gasteiger partial charge is 0.126 e. The van der Waals surface area contributed by atoms with Crippen LogP contribution in [0.25, 0.3) is 0 Å². The van der Waals surface area contributed by atoms with Crippen molar-refractivity contribution in [1.29, 1.82) is 0 Å². The maximum absolute atomic E-state index is 13.1. The number of ether oxygens (including phenoxy) is 1. The van der Waals surface area contributed by atoms with Gasteiger partial charge in [0, 0.05) is 18.0 Å². The summed E-state index contributed by atoms with van der Waals surface area (Å²) in [5, 5.41) is 5.42. The van der Waals surface area contributed by atoms with Gasteiger partial charge < -0.3 is 10.1 Å². The summed E-state index contributed by atoms with van der Waals surface area (Å²) in [4.78, 5) is 1.39. The topological polar surface area (TPSA) is 21.3 Å². The van der Waals surface area contributed by atoms with Gasteiger partial charge in [-0.1, -0.05) is 6.07 Å². The SMILES string of the molecule is Cc1cc(OCCNCCc2cccs2)ccc1F. The van der Waals surface area contributed by atoms with Crippen LogP contribution in [0.3, 0.4) is 0 Å². The molecule has 1 aromatic heterocycles. The molecule has 2 rings (SSSR count). The Kier molecular flexibility index (Phi) is 5.36. The summed E-state index contributed by atoms with van der Waals surface area (Å²) in [5.41, 5.74) is 0.614. The zero-order valence-electron chi connectivity index (χ0n) is 11.0. The van der Waals surface area contributed by atoms with Gasteiger partial charge in [0.2, 0.25) is 0 Å². The highest BCUT2D eigenvalue weighted by Crippen LogP contribution is 2.15. The molecule has 2 aromatic rings. The van der Waals surface area contributed by atoms with Gasteiger partial charge in [0.1, 0.15) is 18.2 Å². The summed E-state index contributed by atoms with van der Waals surface area (Å²) in [6, 6.07) is 9.04. The van der Waals surface area contributed by atoms with E-state index in [2.05, 4.69) is 22.8 Å². The minimum atomic E-state index is -0.193. The van der Waals surface area contributed by atoms with E-state index in [1.807, 2.05) is 0 Å². The fraction of sp³-hybridized carbons (Fsp3) is 0.333. The maximum atomic E-state index is 13.1. The molecular formula is C15H18FNOS. The summed E-state index contributed by atoms with van der Waals surface area (Å²) >= 11 is 1.78. The summed E-state index contributed by atoms with van der Waals surface area (Å²) < 4.78 is 18.6. The van der Waals surface area contributed by atoms with E-state index in [9.17, 15) is 4.39 Å². The Hall–Kier alpha value is -1.39. The monoisotopic (exact) mass is 279 g/mol. The van der Waals surface area contributed by atoms with Gasteiger partial charge in [0.05, 0.1) is 0 Å². The van der Waals surface area contributed by atoms with E-state index in [0.29, 0.717) is 12.2 Å². The predicted molar refractivity (Wildman–Crippen MR) is 77.5 cm³/mol.